The fourth-order valence-electron chi connectivity index (χ4n) is 3.59. The number of furan rings is 1. The highest BCUT2D eigenvalue weighted by Gasteiger charge is 2.37. The van der Waals surface area contributed by atoms with Crippen molar-refractivity contribution in [2.24, 2.45) is 5.73 Å². The fraction of sp³-hybridized carbons (Fsp3) is 0.350. The maximum atomic E-state index is 13.9. The monoisotopic (exact) mass is 403 g/mol. The van der Waals surface area contributed by atoms with E-state index in [0.29, 0.717) is 47.0 Å². The van der Waals surface area contributed by atoms with Crippen molar-refractivity contribution in [2.45, 2.75) is 44.4 Å². The van der Waals surface area contributed by atoms with Crippen molar-refractivity contribution in [1.29, 1.82) is 0 Å². The van der Waals surface area contributed by atoms with E-state index in [0.717, 1.165) is 5.69 Å². The molecule has 7 heteroatoms. The molecular formula is C20H19ClFN3OS. The van der Waals surface area contributed by atoms with E-state index in [1.165, 1.54) is 4.88 Å². The van der Waals surface area contributed by atoms with Crippen LogP contribution in [0, 0.1) is 11.8 Å². The number of nitrogens with zero attached hydrogens (tertiary/aromatic N) is 1. The molecule has 1 aliphatic rings. The van der Waals surface area contributed by atoms with Crippen molar-refractivity contribution < 1.29 is 8.81 Å². The Morgan fingerprint density at radius 2 is 2.33 bits per heavy atom. The highest BCUT2D eigenvalue weighted by atomic mass is 35.5. The third-order valence-electron chi connectivity index (χ3n) is 4.81. The number of hydrogen-bond donors (Lipinski definition) is 2. The normalized spacial score (nSPS) is 22.0. The third kappa shape index (κ3) is 3.55. The second-order valence-corrected chi connectivity index (χ2v) is 8.08. The predicted molar refractivity (Wildman–Crippen MR) is 108 cm³/mol. The van der Waals surface area contributed by atoms with Crippen LogP contribution in [0.2, 0.25) is 5.15 Å². The van der Waals surface area contributed by atoms with Gasteiger partial charge in [0.2, 0.25) is 0 Å². The van der Waals surface area contributed by atoms with E-state index >= 15 is 0 Å². The van der Waals surface area contributed by atoms with Gasteiger partial charge in [0.1, 0.15) is 22.6 Å². The lowest BCUT2D eigenvalue weighted by Gasteiger charge is -2.12. The maximum Gasteiger partial charge on any atom is 0.177 e. The number of nitrogens with one attached hydrogen (secondary N) is 1. The quantitative estimate of drug-likeness (QED) is 0.471. The molecule has 1 aliphatic carbocycles. The lowest BCUT2D eigenvalue weighted by molar-refractivity contribution is 0.334. The summed E-state index contributed by atoms with van der Waals surface area (Å²) in [5, 5.41) is 5.74. The summed E-state index contributed by atoms with van der Waals surface area (Å²) >= 11 is 7.92. The van der Waals surface area contributed by atoms with Crippen molar-refractivity contribution in [2.75, 3.05) is 5.32 Å². The molecule has 0 spiro atoms. The van der Waals surface area contributed by atoms with Gasteiger partial charge in [0.15, 0.2) is 5.58 Å². The van der Waals surface area contributed by atoms with Crippen LogP contribution in [-0.2, 0) is 6.54 Å². The Morgan fingerprint density at radius 1 is 1.48 bits per heavy atom. The van der Waals surface area contributed by atoms with Gasteiger partial charge in [0.05, 0.1) is 11.3 Å². The number of thiophene rings is 1. The number of pyridine rings is 1. The first-order chi connectivity index (χ1) is 13.1. The van der Waals surface area contributed by atoms with Crippen molar-refractivity contribution >= 4 is 39.7 Å². The summed E-state index contributed by atoms with van der Waals surface area (Å²) < 4.78 is 20.1. The molecule has 0 bridgehead atoms. The first kappa shape index (κ1) is 18.3. The van der Waals surface area contributed by atoms with Crippen LogP contribution in [-0.4, -0.2) is 17.2 Å². The van der Waals surface area contributed by atoms with Crippen LogP contribution >= 0.6 is 22.9 Å². The average molecular weight is 404 g/mol. The Kier molecular flexibility index (Phi) is 5.09. The van der Waals surface area contributed by atoms with Crippen molar-refractivity contribution in [3.8, 4) is 11.8 Å². The minimum Gasteiger partial charge on any atom is -0.455 e. The average Bonchev–Trinajstić information content (AvgIpc) is 3.33. The van der Waals surface area contributed by atoms with Crippen LogP contribution in [0.25, 0.3) is 11.1 Å². The summed E-state index contributed by atoms with van der Waals surface area (Å²) in [6.45, 7) is 2.39. The molecule has 1 fully saturated rings. The molecule has 4 rings (SSSR count). The molecule has 0 radical (unpaired) electrons. The first-order valence-corrected chi connectivity index (χ1v) is 10.0. The third-order valence-corrected chi connectivity index (χ3v) is 5.88. The van der Waals surface area contributed by atoms with Crippen LogP contribution < -0.4 is 11.1 Å². The summed E-state index contributed by atoms with van der Waals surface area (Å²) in [6, 6.07) is 5.50. The zero-order valence-corrected chi connectivity index (χ0v) is 16.3. The van der Waals surface area contributed by atoms with Gasteiger partial charge in [-0.1, -0.05) is 23.6 Å². The molecule has 3 heterocycles. The van der Waals surface area contributed by atoms with Crippen molar-refractivity contribution in [1.82, 2.24) is 4.98 Å². The van der Waals surface area contributed by atoms with E-state index < -0.39 is 6.17 Å². The SMILES string of the molecule is CC#Cc1c([C@H]2C[C@H](F)C[C@@H]2N)oc2c(NCc3cccs3)cc(Cl)nc12. The minimum atomic E-state index is -0.923. The lowest BCUT2D eigenvalue weighted by Crippen LogP contribution is -2.23. The van der Waals surface area contributed by atoms with E-state index in [1.54, 1.807) is 24.3 Å². The van der Waals surface area contributed by atoms with Gasteiger partial charge in [-0.2, -0.15) is 0 Å². The smallest absolute Gasteiger partial charge is 0.177 e. The summed E-state index contributed by atoms with van der Waals surface area (Å²) in [5.41, 5.74) is 8.74. The molecule has 4 nitrogen and oxygen atoms in total. The number of anilines is 1. The summed E-state index contributed by atoms with van der Waals surface area (Å²) in [6.07, 6.45) is -0.252. The van der Waals surface area contributed by atoms with Crippen molar-refractivity contribution in [3.05, 3.63) is 44.9 Å². The molecule has 0 saturated heterocycles. The molecule has 140 valence electrons. The summed E-state index contributed by atoms with van der Waals surface area (Å²) in [4.78, 5) is 5.62. The maximum absolute atomic E-state index is 13.9. The van der Waals surface area contributed by atoms with E-state index in [2.05, 4.69) is 28.2 Å². The predicted octanol–water partition coefficient (Wildman–Crippen LogP) is 5.07. The van der Waals surface area contributed by atoms with Crippen LogP contribution in [0.15, 0.2) is 28.0 Å². The second-order valence-electron chi connectivity index (χ2n) is 6.66. The lowest BCUT2D eigenvalue weighted by atomic mass is 9.97. The zero-order chi connectivity index (χ0) is 19.0. The van der Waals surface area contributed by atoms with Gasteiger partial charge in [0.25, 0.3) is 0 Å². The van der Waals surface area contributed by atoms with Gasteiger partial charge < -0.3 is 15.5 Å². The van der Waals surface area contributed by atoms with Crippen LogP contribution in [0.1, 0.15) is 41.9 Å². The first-order valence-electron chi connectivity index (χ1n) is 8.78. The Balaban J connectivity index is 1.80. The Morgan fingerprint density at radius 3 is 3.00 bits per heavy atom. The number of aromatic nitrogens is 1. The summed E-state index contributed by atoms with van der Waals surface area (Å²) in [5.74, 6) is 6.36. The van der Waals surface area contributed by atoms with E-state index in [9.17, 15) is 4.39 Å². The minimum absolute atomic E-state index is 0.214. The molecule has 0 aromatic carbocycles. The van der Waals surface area contributed by atoms with Gasteiger partial charge >= 0.3 is 0 Å². The number of hydrogen-bond acceptors (Lipinski definition) is 5. The summed E-state index contributed by atoms with van der Waals surface area (Å²) in [7, 11) is 0. The molecule has 3 aromatic rings. The number of alkyl halides is 1. The molecule has 0 aliphatic heterocycles. The topological polar surface area (TPSA) is 64.1 Å². The van der Waals surface area contributed by atoms with Crippen LogP contribution in [0.3, 0.4) is 0 Å². The number of rotatable bonds is 4. The second kappa shape index (κ2) is 7.51. The van der Waals surface area contributed by atoms with Crippen molar-refractivity contribution in [3.63, 3.8) is 0 Å². The van der Waals surface area contributed by atoms with Gasteiger partial charge in [-0.05, 0) is 31.2 Å². The number of nitrogens with two attached hydrogens (primary N) is 1. The standard InChI is InChI=1S/C20H19ClFN3OS/c1-2-4-13-18-20(26-19(13)14-7-11(22)8-15(14)23)16(9-17(21)25-18)24-10-12-5-3-6-27-12/h3,5-6,9,11,14-15H,7-8,10,23H2,1H3,(H,24,25)/t11-,14-,15-/m0/s1. The Bertz CT molecular complexity index is 1020. The molecule has 0 amide bonds. The molecule has 27 heavy (non-hydrogen) atoms. The number of fused-ring (bicyclic) bond motifs is 1. The van der Waals surface area contributed by atoms with Crippen LogP contribution in [0.5, 0.6) is 0 Å². The van der Waals surface area contributed by atoms with Gasteiger partial charge in [0, 0.05) is 29.4 Å². The highest BCUT2D eigenvalue weighted by molar-refractivity contribution is 7.09. The van der Waals surface area contributed by atoms with E-state index in [-0.39, 0.29) is 12.0 Å². The molecule has 3 atom stereocenters. The Labute approximate surface area is 165 Å². The van der Waals surface area contributed by atoms with Gasteiger partial charge in [-0.15, -0.1) is 17.3 Å². The highest BCUT2D eigenvalue weighted by Crippen LogP contribution is 2.42. The van der Waals surface area contributed by atoms with E-state index in [1.807, 2.05) is 11.4 Å². The molecule has 3 N–H and O–H groups in total. The zero-order valence-electron chi connectivity index (χ0n) is 14.8. The molecule has 3 aromatic heterocycles. The fourth-order valence-corrected chi connectivity index (χ4v) is 4.43. The molecule has 0 unspecified atom stereocenters. The van der Waals surface area contributed by atoms with Crippen LogP contribution in [0.4, 0.5) is 10.1 Å². The van der Waals surface area contributed by atoms with Gasteiger partial charge in [-0.3, -0.25) is 0 Å². The molecular weight excluding hydrogens is 385 g/mol. The largest absolute Gasteiger partial charge is 0.455 e. The number of halogens is 2. The van der Waals surface area contributed by atoms with Gasteiger partial charge in [-0.25, -0.2) is 9.37 Å². The molecule has 1 saturated carbocycles. The Hall–Kier alpha value is -2.07. The van der Waals surface area contributed by atoms with E-state index in [4.69, 9.17) is 21.8 Å².